The van der Waals surface area contributed by atoms with Gasteiger partial charge >= 0.3 is 0 Å². The van der Waals surface area contributed by atoms with E-state index in [0.29, 0.717) is 6.54 Å². The lowest BCUT2D eigenvalue weighted by Crippen LogP contribution is -2.45. The topological polar surface area (TPSA) is 57.8 Å². The van der Waals surface area contributed by atoms with E-state index in [1.165, 1.54) is 11.3 Å². The van der Waals surface area contributed by atoms with E-state index >= 15 is 0 Å². The zero-order chi connectivity index (χ0) is 14.1. The third-order valence-electron chi connectivity index (χ3n) is 3.94. The molecule has 0 aromatic carbocycles. The monoisotopic (exact) mass is 293 g/mol. The van der Waals surface area contributed by atoms with Crippen LogP contribution in [0.4, 0.5) is 0 Å². The fraction of sp³-hybridized carbons (Fsp3) is 0.571. The SMILES string of the molecule is CC(O)C1CCCCN1Cc1cc(=O)n2ccsc2n1. The Labute approximate surface area is 121 Å². The Morgan fingerprint density at radius 2 is 2.40 bits per heavy atom. The fourth-order valence-electron chi connectivity index (χ4n) is 2.94. The number of aromatic nitrogens is 2. The summed E-state index contributed by atoms with van der Waals surface area (Å²) in [5.74, 6) is 0. The highest BCUT2D eigenvalue weighted by molar-refractivity contribution is 7.15. The van der Waals surface area contributed by atoms with Gasteiger partial charge in [0, 0.05) is 30.2 Å². The van der Waals surface area contributed by atoms with Crippen LogP contribution < -0.4 is 5.56 Å². The highest BCUT2D eigenvalue weighted by atomic mass is 32.1. The van der Waals surface area contributed by atoms with E-state index in [9.17, 15) is 9.90 Å². The van der Waals surface area contributed by atoms with Crippen molar-refractivity contribution in [2.75, 3.05) is 6.54 Å². The average Bonchev–Trinajstić information content (AvgIpc) is 2.88. The van der Waals surface area contributed by atoms with Crippen LogP contribution >= 0.6 is 11.3 Å². The van der Waals surface area contributed by atoms with E-state index in [2.05, 4.69) is 9.88 Å². The number of aliphatic hydroxyl groups is 1. The molecule has 0 aliphatic carbocycles. The number of rotatable bonds is 3. The van der Waals surface area contributed by atoms with Crippen molar-refractivity contribution >= 4 is 16.3 Å². The lowest BCUT2D eigenvalue weighted by molar-refractivity contribution is 0.0310. The van der Waals surface area contributed by atoms with Gasteiger partial charge in [-0.15, -0.1) is 11.3 Å². The minimum absolute atomic E-state index is 0.0307. The summed E-state index contributed by atoms with van der Waals surface area (Å²) in [6, 6.07) is 1.78. The maximum Gasteiger partial charge on any atom is 0.258 e. The number of nitrogens with zero attached hydrogens (tertiary/aromatic N) is 3. The van der Waals surface area contributed by atoms with E-state index < -0.39 is 0 Å². The number of piperidine rings is 1. The Bertz CT molecular complexity index is 649. The Morgan fingerprint density at radius 3 is 3.20 bits per heavy atom. The van der Waals surface area contributed by atoms with Gasteiger partial charge in [-0.2, -0.15) is 0 Å². The van der Waals surface area contributed by atoms with Gasteiger partial charge in [-0.05, 0) is 26.3 Å². The first kappa shape index (κ1) is 13.7. The molecule has 2 atom stereocenters. The summed E-state index contributed by atoms with van der Waals surface area (Å²) in [4.78, 5) is 19.5. The second-order valence-corrected chi connectivity index (χ2v) is 6.29. The molecule has 108 valence electrons. The van der Waals surface area contributed by atoms with Crippen LogP contribution in [0.1, 0.15) is 31.9 Å². The minimum atomic E-state index is -0.345. The van der Waals surface area contributed by atoms with Crippen LogP contribution in [0, 0.1) is 0 Å². The summed E-state index contributed by atoms with van der Waals surface area (Å²) < 4.78 is 1.57. The molecule has 1 aliphatic rings. The number of thiazole rings is 1. The minimum Gasteiger partial charge on any atom is -0.392 e. The molecule has 1 N–H and O–H groups in total. The molecule has 1 saturated heterocycles. The molecular weight excluding hydrogens is 274 g/mol. The molecule has 0 radical (unpaired) electrons. The molecule has 1 fully saturated rings. The fourth-order valence-corrected chi connectivity index (χ4v) is 3.67. The lowest BCUT2D eigenvalue weighted by atomic mass is 9.98. The quantitative estimate of drug-likeness (QED) is 0.931. The number of fused-ring (bicyclic) bond motifs is 1. The second-order valence-electron chi connectivity index (χ2n) is 5.42. The van der Waals surface area contributed by atoms with Crippen LogP contribution in [-0.2, 0) is 6.54 Å². The van der Waals surface area contributed by atoms with E-state index in [1.807, 2.05) is 12.3 Å². The third kappa shape index (κ3) is 2.63. The van der Waals surface area contributed by atoms with Crippen molar-refractivity contribution in [3.05, 3.63) is 33.7 Å². The van der Waals surface area contributed by atoms with Crippen LogP contribution in [-0.4, -0.2) is 38.1 Å². The molecule has 0 bridgehead atoms. The summed E-state index contributed by atoms with van der Waals surface area (Å²) in [7, 11) is 0. The summed E-state index contributed by atoms with van der Waals surface area (Å²) >= 11 is 1.47. The Kier molecular flexibility index (Phi) is 3.87. The van der Waals surface area contributed by atoms with Crippen molar-refractivity contribution in [3.8, 4) is 0 Å². The maximum absolute atomic E-state index is 12.0. The molecule has 6 heteroatoms. The van der Waals surface area contributed by atoms with E-state index in [1.54, 1.807) is 16.7 Å². The first-order chi connectivity index (χ1) is 9.65. The largest absolute Gasteiger partial charge is 0.392 e. The van der Waals surface area contributed by atoms with Crippen molar-refractivity contribution in [1.82, 2.24) is 14.3 Å². The molecule has 2 aromatic rings. The van der Waals surface area contributed by atoms with E-state index in [0.717, 1.165) is 36.5 Å². The van der Waals surface area contributed by atoms with Gasteiger partial charge in [0.05, 0.1) is 11.8 Å². The van der Waals surface area contributed by atoms with Crippen LogP contribution in [0.5, 0.6) is 0 Å². The molecular formula is C14H19N3O2S. The second kappa shape index (κ2) is 5.63. The van der Waals surface area contributed by atoms with Gasteiger partial charge in [0.25, 0.3) is 5.56 Å². The zero-order valence-corrected chi connectivity index (χ0v) is 12.3. The summed E-state index contributed by atoms with van der Waals surface area (Å²) in [6.07, 6.45) is 4.72. The normalized spacial score (nSPS) is 22.2. The van der Waals surface area contributed by atoms with Crippen molar-refractivity contribution in [2.45, 2.75) is 44.9 Å². The van der Waals surface area contributed by atoms with Gasteiger partial charge < -0.3 is 5.11 Å². The van der Waals surface area contributed by atoms with E-state index in [-0.39, 0.29) is 17.7 Å². The molecule has 20 heavy (non-hydrogen) atoms. The van der Waals surface area contributed by atoms with Crippen molar-refractivity contribution in [2.24, 2.45) is 0 Å². The molecule has 2 unspecified atom stereocenters. The van der Waals surface area contributed by atoms with Crippen LogP contribution in [0.3, 0.4) is 0 Å². The first-order valence-electron chi connectivity index (χ1n) is 7.03. The predicted octanol–water partition coefficient (Wildman–Crippen LogP) is 1.49. The molecule has 0 spiro atoms. The standard InChI is InChI=1S/C14H19N3O2S/c1-10(18)12-4-2-3-5-16(12)9-11-8-13(19)17-6-7-20-14(17)15-11/h6-8,10,12,18H,2-5,9H2,1H3. The number of aliphatic hydroxyl groups excluding tert-OH is 1. The molecule has 0 saturated carbocycles. The van der Waals surface area contributed by atoms with Gasteiger partial charge in [-0.25, -0.2) is 4.98 Å². The van der Waals surface area contributed by atoms with Crippen molar-refractivity contribution in [3.63, 3.8) is 0 Å². The molecule has 3 heterocycles. The molecule has 0 amide bonds. The van der Waals surface area contributed by atoms with E-state index in [4.69, 9.17) is 0 Å². The van der Waals surface area contributed by atoms with Crippen LogP contribution in [0.25, 0.3) is 4.96 Å². The number of likely N-dealkylation sites (tertiary alicyclic amines) is 1. The smallest absolute Gasteiger partial charge is 0.258 e. The number of hydrogen-bond donors (Lipinski definition) is 1. The van der Waals surface area contributed by atoms with Crippen molar-refractivity contribution < 1.29 is 5.11 Å². The van der Waals surface area contributed by atoms with Gasteiger partial charge in [0.15, 0.2) is 4.96 Å². The molecule has 5 nitrogen and oxygen atoms in total. The van der Waals surface area contributed by atoms with Gasteiger partial charge in [0.2, 0.25) is 0 Å². The van der Waals surface area contributed by atoms with Gasteiger partial charge in [-0.1, -0.05) is 6.42 Å². The van der Waals surface area contributed by atoms with Gasteiger partial charge in [0.1, 0.15) is 0 Å². The van der Waals surface area contributed by atoms with Crippen LogP contribution in [0.15, 0.2) is 22.4 Å². The molecule has 1 aliphatic heterocycles. The molecule has 2 aromatic heterocycles. The number of hydrogen-bond acceptors (Lipinski definition) is 5. The highest BCUT2D eigenvalue weighted by Gasteiger charge is 2.26. The summed E-state index contributed by atoms with van der Waals surface area (Å²) in [6.45, 7) is 3.44. The highest BCUT2D eigenvalue weighted by Crippen LogP contribution is 2.21. The van der Waals surface area contributed by atoms with Gasteiger partial charge in [-0.3, -0.25) is 14.1 Å². The maximum atomic E-state index is 12.0. The average molecular weight is 293 g/mol. The first-order valence-corrected chi connectivity index (χ1v) is 7.91. The zero-order valence-electron chi connectivity index (χ0n) is 11.5. The Balaban J connectivity index is 1.86. The third-order valence-corrected chi connectivity index (χ3v) is 4.70. The summed E-state index contributed by atoms with van der Waals surface area (Å²) in [5.41, 5.74) is 0.766. The lowest BCUT2D eigenvalue weighted by Gasteiger charge is -2.37. The van der Waals surface area contributed by atoms with Crippen LogP contribution in [0.2, 0.25) is 0 Å². The summed E-state index contributed by atoms with van der Waals surface area (Å²) in [5, 5.41) is 11.8. The Hall–Kier alpha value is -1.24. The van der Waals surface area contributed by atoms with Crippen molar-refractivity contribution in [1.29, 1.82) is 0 Å². The molecule has 3 rings (SSSR count). The predicted molar refractivity (Wildman–Crippen MR) is 79.1 cm³/mol. The Morgan fingerprint density at radius 1 is 1.55 bits per heavy atom.